The van der Waals surface area contributed by atoms with E-state index in [9.17, 15) is 13.2 Å². The summed E-state index contributed by atoms with van der Waals surface area (Å²) in [5.74, 6) is 0.138. The molecule has 0 heterocycles. The van der Waals surface area contributed by atoms with Crippen molar-refractivity contribution < 1.29 is 26.4 Å². The first-order chi connectivity index (χ1) is 8.32. The summed E-state index contributed by atoms with van der Waals surface area (Å²) >= 11 is 0. The van der Waals surface area contributed by atoms with E-state index in [1.807, 2.05) is 6.92 Å². The zero-order chi connectivity index (χ0) is 14.2. The first-order valence-corrected chi connectivity index (χ1v) is 7.97. The molecule has 0 saturated heterocycles. The minimum atomic E-state index is -4.07. The van der Waals surface area contributed by atoms with Gasteiger partial charge in [-0.1, -0.05) is 19.8 Å². The molecule has 0 aliphatic heterocycles. The van der Waals surface area contributed by atoms with E-state index in [4.69, 9.17) is 13.3 Å². The van der Waals surface area contributed by atoms with Crippen LogP contribution in [0.15, 0.2) is 0 Å². The molecular weight excluding hydrogens is 265 g/mol. The van der Waals surface area contributed by atoms with Gasteiger partial charge in [-0.25, -0.2) is 0 Å². The zero-order valence-corrected chi connectivity index (χ0v) is 12.5. The smallest absolute Gasteiger partial charge is 0.377 e. The molecule has 0 aliphatic carbocycles. The van der Waals surface area contributed by atoms with E-state index < -0.39 is 21.4 Å². The van der Waals surface area contributed by atoms with Crippen molar-refractivity contribution in [3.8, 4) is 0 Å². The average molecular weight is 288 g/mol. The third-order valence-corrected chi connectivity index (χ3v) is 6.07. The van der Waals surface area contributed by atoms with Gasteiger partial charge in [-0.05, 0) is 12.3 Å². The molecule has 0 fully saturated rings. The Labute approximate surface area is 108 Å². The molecule has 0 spiro atoms. The molecule has 0 rings (SSSR count). The van der Waals surface area contributed by atoms with Gasteiger partial charge >= 0.3 is 15.0 Å². The minimum Gasteiger partial charge on any atom is -0.377 e. The molecule has 0 aromatic carbocycles. The highest BCUT2D eigenvalue weighted by Gasteiger charge is 2.40. The molecule has 0 amide bonds. The van der Waals surface area contributed by atoms with Crippen molar-refractivity contribution in [1.29, 1.82) is 0 Å². The van der Waals surface area contributed by atoms with Crippen LogP contribution in [0.25, 0.3) is 0 Å². The quantitative estimate of drug-likeness (QED) is 0.606. The Morgan fingerprint density at radius 3 is 1.89 bits per heavy atom. The van der Waals surface area contributed by atoms with Crippen LogP contribution in [0, 0.1) is 5.92 Å². The van der Waals surface area contributed by atoms with Crippen LogP contribution in [0.3, 0.4) is 0 Å². The van der Waals surface area contributed by atoms with Crippen molar-refractivity contribution in [3.63, 3.8) is 0 Å². The van der Waals surface area contributed by atoms with Gasteiger partial charge in [-0.15, -0.1) is 0 Å². The molecule has 110 valence electrons. The van der Waals surface area contributed by atoms with Gasteiger partial charge in [-0.3, -0.25) is 0 Å². The maximum Gasteiger partial charge on any atom is 0.500 e. The summed E-state index contributed by atoms with van der Waals surface area (Å²) in [4.78, 5) is 0. The van der Waals surface area contributed by atoms with E-state index in [1.54, 1.807) is 0 Å². The van der Waals surface area contributed by atoms with Gasteiger partial charge < -0.3 is 13.3 Å². The largest absolute Gasteiger partial charge is 0.500 e. The molecule has 0 aromatic heterocycles. The Bertz CT molecular complexity index is 212. The van der Waals surface area contributed by atoms with Crippen molar-refractivity contribution in [1.82, 2.24) is 0 Å². The molecule has 18 heavy (non-hydrogen) atoms. The maximum absolute atomic E-state index is 12.1. The predicted octanol–water partition coefficient (Wildman–Crippen LogP) is 3.62. The van der Waals surface area contributed by atoms with Crippen LogP contribution >= 0.6 is 0 Å². The van der Waals surface area contributed by atoms with Gasteiger partial charge in [0.05, 0.1) is 0 Å². The maximum atomic E-state index is 12.1. The Morgan fingerprint density at radius 2 is 1.56 bits per heavy atom. The molecule has 1 atom stereocenters. The topological polar surface area (TPSA) is 27.7 Å². The van der Waals surface area contributed by atoms with E-state index in [1.165, 1.54) is 21.3 Å². The highest BCUT2D eigenvalue weighted by molar-refractivity contribution is 6.60. The summed E-state index contributed by atoms with van der Waals surface area (Å²) in [6, 6.07) is 0.560. The molecular formula is C11H23F3O3Si. The van der Waals surface area contributed by atoms with Gasteiger partial charge in [0, 0.05) is 33.8 Å². The summed E-state index contributed by atoms with van der Waals surface area (Å²) in [5.41, 5.74) is 0. The first-order valence-electron chi connectivity index (χ1n) is 6.04. The number of hydrogen-bond donors (Lipinski definition) is 0. The van der Waals surface area contributed by atoms with E-state index in [-0.39, 0.29) is 12.3 Å². The number of halogens is 3. The van der Waals surface area contributed by atoms with Gasteiger partial charge in [-0.2, -0.15) is 13.2 Å². The number of rotatable bonds is 9. The lowest BCUT2D eigenvalue weighted by Crippen LogP contribution is -2.44. The van der Waals surface area contributed by atoms with Gasteiger partial charge in [0.15, 0.2) is 0 Å². The van der Waals surface area contributed by atoms with Crippen molar-refractivity contribution in [3.05, 3.63) is 0 Å². The van der Waals surface area contributed by atoms with E-state index in [0.29, 0.717) is 12.5 Å². The second-order valence-corrected chi connectivity index (χ2v) is 7.28. The Morgan fingerprint density at radius 1 is 1.06 bits per heavy atom. The highest BCUT2D eigenvalue weighted by atomic mass is 28.4. The van der Waals surface area contributed by atoms with Crippen LogP contribution in [0.5, 0.6) is 0 Å². The fraction of sp³-hybridized carbons (Fsp3) is 1.00. The SMILES string of the molecule is CCC(CCCC(F)(F)F)C[Si](OC)(OC)OC. The summed E-state index contributed by atoms with van der Waals surface area (Å²) in [7, 11) is 1.87. The highest BCUT2D eigenvalue weighted by Crippen LogP contribution is 2.29. The molecule has 0 aromatic rings. The Kier molecular flexibility index (Phi) is 8.09. The van der Waals surface area contributed by atoms with Gasteiger partial charge in [0.25, 0.3) is 0 Å². The second-order valence-electron chi connectivity index (χ2n) is 4.28. The summed E-state index contributed by atoms with van der Waals surface area (Å²) in [6.45, 7) is 1.96. The normalized spacial score (nSPS) is 14.8. The van der Waals surface area contributed by atoms with Crippen LogP contribution in [0.2, 0.25) is 6.04 Å². The van der Waals surface area contributed by atoms with Gasteiger partial charge in [0.2, 0.25) is 0 Å². The monoisotopic (exact) mass is 288 g/mol. The second kappa shape index (κ2) is 8.14. The third kappa shape index (κ3) is 6.72. The summed E-state index contributed by atoms with van der Waals surface area (Å²) in [6.07, 6.45) is -3.35. The van der Waals surface area contributed by atoms with Crippen molar-refractivity contribution in [2.45, 2.75) is 44.8 Å². The van der Waals surface area contributed by atoms with Gasteiger partial charge in [0.1, 0.15) is 0 Å². The Hall–Kier alpha value is -0.113. The van der Waals surface area contributed by atoms with Crippen LogP contribution in [-0.4, -0.2) is 36.3 Å². The molecule has 0 N–H and O–H groups in total. The molecule has 0 bridgehead atoms. The van der Waals surface area contributed by atoms with Crippen molar-refractivity contribution in [2.24, 2.45) is 5.92 Å². The number of hydrogen-bond acceptors (Lipinski definition) is 3. The van der Waals surface area contributed by atoms with Crippen LogP contribution < -0.4 is 0 Å². The van der Waals surface area contributed by atoms with E-state index in [0.717, 1.165) is 6.42 Å². The number of alkyl halides is 3. The van der Waals surface area contributed by atoms with Crippen LogP contribution in [0.4, 0.5) is 13.2 Å². The minimum absolute atomic E-state index is 0.138. The van der Waals surface area contributed by atoms with E-state index >= 15 is 0 Å². The molecule has 0 radical (unpaired) electrons. The summed E-state index contributed by atoms with van der Waals surface area (Å²) in [5, 5.41) is 0. The molecule has 0 aliphatic rings. The molecule has 1 unspecified atom stereocenters. The Balaban J connectivity index is 4.25. The standard InChI is InChI=1S/C11H23F3O3Si/c1-5-10(7-6-8-11(12,13)14)9-18(15-2,16-3)17-4/h10H,5-9H2,1-4H3. The molecule has 7 heteroatoms. The average Bonchev–Trinajstić information content (AvgIpc) is 2.33. The van der Waals surface area contributed by atoms with Crippen molar-refractivity contribution in [2.75, 3.05) is 21.3 Å². The first kappa shape index (κ1) is 17.9. The fourth-order valence-electron chi connectivity index (χ4n) is 1.90. The zero-order valence-electron chi connectivity index (χ0n) is 11.5. The molecule has 0 saturated carbocycles. The summed E-state index contributed by atoms with van der Waals surface area (Å²) < 4.78 is 52.1. The van der Waals surface area contributed by atoms with Crippen LogP contribution in [0.1, 0.15) is 32.6 Å². The lowest BCUT2D eigenvalue weighted by atomic mass is 10.0. The van der Waals surface area contributed by atoms with E-state index in [2.05, 4.69) is 0 Å². The lowest BCUT2D eigenvalue weighted by molar-refractivity contribution is -0.136. The molecule has 3 nitrogen and oxygen atoms in total. The van der Waals surface area contributed by atoms with Crippen LogP contribution in [-0.2, 0) is 13.3 Å². The third-order valence-electron chi connectivity index (χ3n) is 3.12. The lowest BCUT2D eigenvalue weighted by Gasteiger charge is -2.28. The fourth-order valence-corrected chi connectivity index (χ4v) is 4.10. The van der Waals surface area contributed by atoms with Crippen molar-refractivity contribution >= 4 is 8.80 Å². The predicted molar refractivity (Wildman–Crippen MR) is 65.3 cm³/mol.